The third-order valence-electron chi connectivity index (χ3n) is 5.15. The highest BCUT2D eigenvalue weighted by molar-refractivity contribution is 5.48. The number of phenols is 1. The molecule has 0 aromatic heterocycles. The first kappa shape index (κ1) is 16.7. The zero-order chi connectivity index (χ0) is 16.8. The molecule has 0 saturated heterocycles. The molecule has 2 aromatic rings. The van der Waals surface area contributed by atoms with Gasteiger partial charge in [-0.1, -0.05) is 49.8 Å². The molecule has 0 heterocycles. The van der Waals surface area contributed by atoms with Crippen molar-refractivity contribution in [1.82, 2.24) is 0 Å². The van der Waals surface area contributed by atoms with Gasteiger partial charge < -0.3 is 5.11 Å². The van der Waals surface area contributed by atoms with Crippen LogP contribution in [-0.4, -0.2) is 5.11 Å². The van der Waals surface area contributed by atoms with Crippen LogP contribution in [0.1, 0.15) is 68.1 Å². The number of phenolic OH excluding ortho intramolecular Hbond substituents is 1. The molecule has 0 radical (unpaired) electrons. The van der Waals surface area contributed by atoms with Gasteiger partial charge in [0.05, 0.1) is 0 Å². The molecule has 0 bridgehead atoms. The van der Waals surface area contributed by atoms with Crippen LogP contribution in [0.4, 0.5) is 0 Å². The van der Waals surface area contributed by atoms with E-state index in [1.54, 1.807) is 12.1 Å². The van der Waals surface area contributed by atoms with E-state index in [0.29, 0.717) is 5.92 Å². The Labute approximate surface area is 145 Å². The van der Waals surface area contributed by atoms with Gasteiger partial charge in [-0.3, -0.25) is 0 Å². The lowest BCUT2D eigenvalue weighted by Gasteiger charge is -2.29. The van der Waals surface area contributed by atoms with Crippen molar-refractivity contribution in [2.45, 2.75) is 51.4 Å². The van der Waals surface area contributed by atoms with Crippen molar-refractivity contribution in [1.29, 1.82) is 0 Å². The van der Waals surface area contributed by atoms with Gasteiger partial charge in [0.1, 0.15) is 5.75 Å². The molecule has 0 atom stereocenters. The molecule has 0 aliphatic heterocycles. The highest BCUT2D eigenvalue weighted by Crippen LogP contribution is 2.38. The fraction of sp³-hybridized carbons (Fsp3) is 0.391. The maximum Gasteiger partial charge on any atom is 0.115 e. The third kappa shape index (κ3) is 4.20. The maximum atomic E-state index is 9.37. The van der Waals surface area contributed by atoms with Gasteiger partial charge in [-0.25, -0.2) is 0 Å². The minimum Gasteiger partial charge on any atom is -0.508 e. The van der Waals surface area contributed by atoms with E-state index in [9.17, 15) is 5.11 Å². The van der Waals surface area contributed by atoms with Gasteiger partial charge in [0.2, 0.25) is 0 Å². The van der Waals surface area contributed by atoms with Crippen LogP contribution in [-0.2, 0) is 0 Å². The Morgan fingerprint density at radius 2 is 1.62 bits per heavy atom. The van der Waals surface area contributed by atoms with Crippen LogP contribution in [0.5, 0.6) is 5.75 Å². The Bertz CT molecular complexity index is 710. The minimum absolute atomic E-state index is 0.282. The minimum atomic E-state index is 0.282. The Kier molecular flexibility index (Phi) is 5.59. The van der Waals surface area contributed by atoms with E-state index >= 15 is 0 Å². The lowest BCUT2D eigenvalue weighted by atomic mass is 9.76. The lowest BCUT2D eigenvalue weighted by Crippen LogP contribution is -2.14. The van der Waals surface area contributed by atoms with Crippen LogP contribution in [0.25, 0.3) is 0 Å². The van der Waals surface area contributed by atoms with E-state index in [2.05, 4.69) is 43.0 Å². The summed E-state index contributed by atoms with van der Waals surface area (Å²) in [4.78, 5) is 0. The molecule has 0 amide bonds. The standard InChI is InChI=1S/C23H26O/c1-2-5-18-8-14-21(15-9-18)23-7-4-3-6-20(23)13-10-19-11-16-22(24)17-12-19/h3-4,6-7,11-12,16-18,21,24H,2,5,8-9,14-15H2,1H3/t18-,21-. The van der Waals surface area contributed by atoms with Gasteiger partial charge in [0, 0.05) is 11.1 Å². The van der Waals surface area contributed by atoms with Gasteiger partial charge in [0.15, 0.2) is 0 Å². The van der Waals surface area contributed by atoms with Gasteiger partial charge >= 0.3 is 0 Å². The molecule has 0 unspecified atom stereocenters. The van der Waals surface area contributed by atoms with Crippen LogP contribution < -0.4 is 0 Å². The van der Waals surface area contributed by atoms with Crippen LogP contribution in [0, 0.1) is 17.8 Å². The summed E-state index contributed by atoms with van der Waals surface area (Å²) in [5.74, 6) is 8.46. The number of hydrogen-bond donors (Lipinski definition) is 1. The smallest absolute Gasteiger partial charge is 0.115 e. The summed E-state index contributed by atoms with van der Waals surface area (Å²) in [5, 5.41) is 9.37. The van der Waals surface area contributed by atoms with Crippen LogP contribution in [0.15, 0.2) is 48.5 Å². The fourth-order valence-electron chi connectivity index (χ4n) is 3.82. The van der Waals surface area contributed by atoms with Crippen molar-refractivity contribution < 1.29 is 5.11 Å². The van der Waals surface area contributed by atoms with Crippen LogP contribution >= 0.6 is 0 Å². The summed E-state index contributed by atoms with van der Waals surface area (Å²) >= 11 is 0. The Morgan fingerprint density at radius 1 is 0.917 bits per heavy atom. The summed E-state index contributed by atoms with van der Waals surface area (Å²) in [6.45, 7) is 2.29. The summed E-state index contributed by atoms with van der Waals surface area (Å²) in [7, 11) is 0. The SMILES string of the molecule is CCC[C@H]1CC[C@H](c2ccccc2C#Cc2ccc(O)cc2)CC1. The first-order valence-corrected chi connectivity index (χ1v) is 9.16. The number of hydrogen-bond acceptors (Lipinski definition) is 1. The second-order valence-corrected chi connectivity index (χ2v) is 6.89. The summed E-state index contributed by atoms with van der Waals surface area (Å²) < 4.78 is 0. The highest BCUT2D eigenvalue weighted by atomic mass is 16.3. The van der Waals surface area contributed by atoms with E-state index in [1.165, 1.54) is 44.1 Å². The topological polar surface area (TPSA) is 20.2 Å². The van der Waals surface area contributed by atoms with Crippen molar-refractivity contribution in [3.63, 3.8) is 0 Å². The van der Waals surface area contributed by atoms with Crippen molar-refractivity contribution in [3.05, 3.63) is 65.2 Å². The van der Waals surface area contributed by atoms with E-state index in [1.807, 2.05) is 12.1 Å². The average molecular weight is 318 g/mol. The molecule has 1 aliphatic rings. The second kappa shape index (κ2) is 8.06. The largest absolute Gasteiger partial charge is 0.508 e. The zero-order valence-corrected chi connectivity index (χ0v) is 14.5. The molecule has 1 fully saturated rings. The van der Waals surface area contributed by atoms with E-state index in [4.69, 9.17) is 0 Å². The van der Waals surface area contributed by atoms with E-state index in [-0.39, 0.29) is 5.75 Å². The predicted octanol–water partition coefficient (Wildman–Crippen LogP) is 5.87. The van der Waals surface area contributed by atoms with Crippen molar-refractivity contribution in [2.24, 2.45) is 5.92 Å². The molecule has 24 heavy (non-hydrogen) atoms. The van der Waals surface area contributed by atoms with Gasteiger partial charge in [0.25, 0.3) is 0 Å². The van der Waals surface area contributed by atoms with Crippen molar-refractivity contribution >= 4 is 0 Å². The van der Waals surface area contributed by atoms with Crippen LogP contribution in [0.3, 0.4) is 0 Å². The molecule has 124 valence electrons. The fourth-order valence-corrected chi connectivity index (χ4v) is 3.82. The molecule has 1 aliphatic carbocycles. The van der Waals surface area contributed by atoms with Crippen molar-refractivity contribution in [3.8, 4) is 17.6 Å². The molecule has 1 saturated carbocycles. The normalized spacial score (nSPS) is 20.2. The van der Waals surface area contributed by atoms with E-state index < -0.39 is 0 Å². The van der Waals surface area contributed by atoms with Gasteiger partial charge in [-0.15, -0.1) is 0 Å². The first-order valence-electron chi connectivity index (χ1n) is 9.16. The summed E-state index contributed by atoms with van der Waals surface area (Å²) in [5.41, 5.74) is 3.51. The molecule has 3 rings (SSSR count). The first-order chi connectivity index (χ1) is 11.8. The highest BCUT2D eigenvalue weighted by Gasteiger charge is 2.22. The Balaban J connectivity index is 1.76. The number of benzene rings is 2. The van der Waals surface area contributed by atoms with Crippen LogP contribution in [0.2, 0.25) is 0 Å². The summed E-state index contributed by atoms with van der Waals surface area (Å²) in [6, 6.07) is 15.7. The monoisotopic (exact) mass is 318 g/mol. The molecular formula is C23H26O. The van der Waals surface area contributed by atoms with Crippen molar-refractivity contribution in [2.75, 3.05) is 0 Å². The Hall–Kier alpha value is -2.20. The molecule has 1 heteroatoms. The number of aromatic hydroxyl groups is 1. The second-order valence-electron chi connectivity index (χ2n) is 6.89. The lowest BCUT2D eigenvalue weighted by molar-refractivity contribution is 0.308. The quantitative estimate of drug-likeness (QED) is 0.702. The maximum absolute atomic E-state index is 9.37. The predicted molar refractivity (Wildman–Crippen MR) is 100 cm³/mol. The molecule has 2 aromatic carbocycles. The summed E-state index contributed by atoms with van der Waals surface area (Å²) in [6.07, 6.45) is 8.00. The van der Waals surface area contributed by atoms with E-state index in [0.717, 1.165) is 17.0 Å². The molecule has 1 nitrogen and oxygen atoms in total. The molecule has 1 N–H and O–H groups in total. The molecule has 0 spiro atoms. The third-order valence-corrected chi connectivity index (χ3v) is 5.15. The zero-order valence-electron chi connectivity index (χ0n) is 14.5. The molecular weight excluding hydrogens is 292 g/mol. The van der Waals surface area contributed by atoms with Gasteiger partial charge in [-0.05, 0) is 73.4 Å². The number of rotatable bonds is 3. The Morgan fingerprint density at radius 3 is 2.33 bits per heavy atom. The van der Waals surface area contributed by atoms with Gasteiger partial charge in [-0.2, -0.15) is 0 Å². The average Bonchev–Trinajstić information content (AvgIpc) is 2.63.